The summed E-state index contributed by atoms with van der Waals surface area (Å²) in [6.45, 7) is 2.22. The van der Waals surface area contributed by atoms with Crippen LogP contribution in [0.1, 0.15) is 12.5 Å². The van der Waals surface area contributed by atoms with Gasteiger partial charge >= 0.3 is 0 Å². The van der Waals surface area contributed by atoms with E-state index in [0.717, 1.165) is 5.56 Å². The first-order valence-corrected chi connectivity index (χ1v) is 7.32. The SMILES string of the molecule is CC(=O)NCCSC(=O)C1COC(c2ccccc2)=N1. The first-order chi connectivity index (χ1) is 9.66. The fraction of sp³-hybridized carbons (Fsp3) is 0.357. The van der Waals surface area contributed by atoms with Crippen molar-refractivity contribution in [1.29, 1.82) is 0 Å². The van der Waals surface area contributed by atoms with E-state index in [2.05, 4.69) is 10.3 Å². The highest BCUT2D eigenvalue weighted by Crippen LogP contribution is 2.17. The first-order valence-electron chi connectivity index (χ1n) is 6.34. The van der Waals surface area contributed by atoms with Crippen LogP contribution in [0.2, 0.25) is 0 Å². The molecule has 5 nitrogen and oxygen atoms in total. The molecule has 0 fully saturated rings. The first kappa shape index (κ1) is 14.6. The molecule has 0 saturated heterocycles. The van der Waals surface area contributed by atoms with Crippen LogP contribution in [0.3, 0.4) is 0 Å². The van der Waals surface area contributed by atoms with E-state index in [9.17, 15) is 9.59 Å². The van der Waals surface area contributed by atoms with Gasteiger partial charge in [-0.25, -0.2) is 4.99 Å². The lowest BCUT2D eigenvalue weighted by Crippen LogP contribution is -2.24. The van der Waals surface area contributed by atoms with Gasteiger partial charge in [0.25, 0.3) is 0 Å². The van der Waals surface area contributed by atoms with E-state index in [1.165, 1.54) is 18.7 Å². The van der Waals surface area contributed by atoms with Crippen LogP contribution in [-0.2, 0) is 14.3 Å². The Hall–Kier alpha value is -1.82. The number of nitrogens with zero attached hydrogens (tertiary/aromatic N) is 1. The number of aliphatic imine (C=N–C) groups is 1. The van der Waals surface area contributed by atoms with Crippen LogP contribution in [0.4, 0.5) is 0 Å². The number of rotatable bonds is 5. The second-order valence-electron chi connectivity index (χ2n) is 4.28. The zero-order valence-corrected chi connectivity index (χ0v) is 12.0. The van der Waals surface area contributed by atoms with Crippen molar-refractivity contribution in [2.45, 2.75) is 13.0 Å². The Kier molecular flexibility index (Phi) is 5.17. The Bertz CT molecular complexity index is 516. The van der Waals surface area contributed by atoms with Gasteiger partial charge in [-0.1, -0.05) is 30.0 Å². The van der Waals surface area contributed by atoms with E-state index in [-0.39, 0.29) is 17.6 Å². The molecule has 0 radical (unpaired) electrons. The highest BCUT2D eigenvalue weighted by Gasteiger charge is 2.26. The van der Waals surface area contributed by atoms with Gasteiger partial charge < -0.3 is 10.1 Å². The van der Waals surface area contributed by atoms with Gasteiger partial charge in [-0.2, -0.15) is 0 Å². The summed E-state index contributed by atoms with van der Waals surface area (Å²) < 4.78 is 5.46. The maximum absolute atomic E-state index is 11.9. The van der Waals surface area contributed by atoms with Gasteiger partial charge in [-0.05, 0) is 12.1 Å². The van der Waals surface area contributed by atoms with Gasteiger partial charge in [0.05, 0.1) is 0 Å². The second-order valence-corrected chi connectivity index (χ2v) is 5.38. The zero-order chi connectivity index (χ0) is 14.4. The van der Waals surface area contributed by atoms with Crippen molar-refractivity contribution in [3.8, 4) is 0 Å². The number of hydrogen-bond acceptors (Lipinski definition) is 5. The molecule has 1 aliphatic rings. The van der Waals surface area contributed by atoms with Crippen molar-refractivity contribution in [3.05, 3.63) is 35.9 Å². The molecule has 1 aliphatic heterocycles. The molecule has 1 atom stereocenters. The Morgan fingerprint density at radius 1 is 1.40 bits per heavy atom. The third-order valence-corrected chi connectivity index (χ3v) is 3.63. The topological polar surface area (TPSA) is 67.8 Å². The smallest absolute Gasteiger partial charge is 0.217 e. The zero-order valence-electron chi connectivity index (χ0n) is 11.2. The van der Waals surface area contributed by atoms with Crippen molar-refractivity contribution in [2.75, 3.05) is 18.9 Å². The highest BCUT2D eigenvalue weighted by atomic mass is 32.2. The van der Waals surface area contributed by atoms with E-state index in [4.69, 9.17) is 4.74 Å². The molecular formula is C14H16N2O3S. The lowest BCUT2D eigenvalue weighted by Gasteiger charge is -2.04. The molecule has 106 valence electrons. The lowest BCUT2D eigenvalue weighted by atomic mass is 10.2. The Balaban J connectivity index is 1.84. The maximum Gasteiger partial charge on any atom is 0.217 e. The van der Waals surface area contributed by atoms with Crippen molar-refractivity contribution >= 4 is 28.7 Å². The Labute approximate surface area is 121 Å². The molecule has 1 aromatic carbocycles. The number of ether oxygens (including phenoxy) is 1. The quantitative estimate of drug-likeness (QED) is 0.829. The highest BCUT2D eigenvalue weighted by molar-refractivity contribution is 8.13. The van der Waals surface area contributed by atoms with Gasteiger partial charge in [0.1, 0.15) is 6.61 Å². The minimum Gasteiger partial charge on any atom is -0.475 e. The van der Waals surface area contributed by atoms with E-state index >= 15 is 0 Å². The van der Waals surface area contributed by atoms with E-state index < -0.39 is 6.04 Å². The van der Waals surface area contributed by atoms with Gasteiger partial charge in [0, 0.05) is 24.8 Å². The molecule has 20 heavy (non-hydrogen) atoms. The summed E-state index contributed by atoms with van der Waals surface area (Å²) >= 11 is 1.17. The molecule has 0 aliphatic carbocycles. The number of benzene rings is 1. The Morgan fingerprint density at radius 2 is 2.15 bits per heavy atom. The van der Waals surface area contributed by atoms with Crippen LogP contribution >= 0.6 is 11.8 Å². The van der Waals surface area contributed by atoms with E-state index in [1.54, 1.807) is 0 Å². The number of carbonyl (C=O) groups is 2. The molecule has 1 aromatic rings. The predicted molar refractivity (Wildman–Crippen MR) is 78.9 cm³/mol. The summed E-state index contributed by atoms with van der Waals surface area (Å²) in [4.78, 5) is 26.9. The molecule has 0 saturated carbocycles. The number of nitrogens with one attached hydrogen (secondary N) is 1. The second kappa shape index (κ2) is 7.09. The molecule has 0 spiro atoms. The number of carbonyl (C=O) groups excluding carboxylic acids is 2. The fourth-order valence-electron chi connectivity index (χ4n) is 1.71. The minimum absolute atomic E-state index is 0.0266. The summed E-state index contributed by atoms with van der Waals surface area (Å²) in [6.07, 6.45) is 0. The molecular weight excluding hydrogens is 276 g/mol. The molecule has 1 unspecified atom stereocenters. The summed E-state index contributed by atoms with van der Waals surface area (Å²) in [5.74, 6) is 0.975. The van der Waals surface area contributed by atoms with Crippen LogP contribution in [0, 0.1) is 0 Å². The number of amides is 1. The fourth-order valence-corrected chi connectivity index (χ4v) is 2.43. The molecule has 0 bridgehead atoms. The summed E-state index contributed by atoms with van der Waals surface area (Å²) in [6, 6.07) is 9.06. The lowest BCUT2D eigenvalue weighted by molar-refractivity contribution is -0.119. The summed E-state index contributed by atoms with van der Waals surface area (Å²) in [5, 5.41) is 2.62. The Morgan fingerprint density at radius 3 is 2.85 bits per heavy atom. The van der Waals surface area contributed by atoms with Crippen molar-refractivity contribution in [2.24, 2.45) is 4.99 Å². The third kappa shape index (κ3) is 4.09. The third-order valence-electron chi connectivity index (χ3n) is 2.66. The van der Waals surface area contributed by atoms with Gasteiger partial charge in [-0.15, -0.1) is 0 Å². The molecule has 1 heterocycles. The standard InChI is InChI=1S/C14H16N2O3S/c1-10(17)15-7-8-20-14(18)12-9-19-13(16-12)11-5-3-2-4-6-11/h2-6,12H,7-9H2,1H3,(H,15,17). The number of thioether (sulfide) groups is 1. The van der Waals surface area contributed by atoms with Crippen molar-refractivity contribution in [3.63, 3.8) is 0 Å². The van der Waals surface area contributed by atoms with Gasteiger partial charge in [-0.3, -0.25) is 9.59 Å². The molecule has 0 aromatic heterocycles. The van der Waals surface area contributed by atoms with Crippen LogP contribution in [0.25, 0.3) is 0 Å². The predicted octanol–water partition coefficient (Wildman–Crippen LogP) is 1.23. The average Bonchev–Trinajstić information content (AvgIpc) is 2.94. The van der Waals surface area contributed by atoms with Gasteiger partial charge in [0.15, 0.2) is 6.04 Å². The molecule has 1 N–H and O–H groups in total. The van der Waals surface area contributed by atoms with Crippen LogP contribution in [0.15, 0.2) is 35.3 Å². The minimum atomic E-state index is -0.451. The van der Waals surface area contributed by atoms with Crippen molar-refractivity contribution in [1.82, 2.24) is 5.32 Å². The van der Waals surface area contributed by atoms with Crippen molar-refractivity contribution < 1.29 is 14.3 Å². The average molecular weight is 292 g/mol. The molecule has 1 amide bonds. The van der Waals surface area contributed by atoms with Crippen LogP contribution in [0.5, 0.6) is 0 Å². The van der Waals surface area contributed by atoms with Gasteiger partial charge in [0.2, 0.25) is 16.9 Å². The largest absolute Gasteiger partial charge is 0.475 e. The summed E-state index contributed by atoms with van der Waals surface area (Å²) in [7, 11) is 0. The summed E-state index contributed by atoms with van der Waals surface area (Å²) in [5.41, 5.74) is 0.881. The van der Waals surface area contributed by atoms with E-state index in [0.29, 0.717) is 18.2 Å². The number of hydrogen-bond donors (Lipinski definition) is 1. The van der Waals surface area contributed by atoms with Crippen LogP contribution < -0.4 is 5.32 Å². The maximum atomic E-state index is 11.9. The molecule has 2 rings (SSSR count). The molecule has 6 heteroatoms. The normalized spacial score (nSPS) is 17.2. The van der Waals surface area contributed by atoms with E-state index in [1.807, 2.05) is 30.3 Å². The van der Waals surface area contributed by atoms with Crippen LogP contribution in [-0.4, -0.2) is 41.9 Å². The monoisotopic (exact) mass is 292 g/mol.